The van der Waals surface area contributed by atoms with Crippen molar-refractivity contribution in [3.8, 4) is 5.75 Å². The Morgan fingerprint density at radius 1 is 1.07 bits per heavy atom. The molecule has 3 aromatic carbocycles. The number of hydrogen-bond donors (Lipinski definition) is 0. The van der Waals surface area contributed by atoms with Gasteiger partial charge in [0, 0.05) is 16.5 Å². The number of benzene rings is 3. The first-order valence-electron chi connectivity index (χ1n) is 8.74. The molecule has 0 aliphatic carbocycles. The maximum Gasteiger partial charge on any atom is 0.265 e. The molecule has 1 aliphatic heterocycles. The van der Waals surface area contributed by atoms with E-state index in [0.717, 1.165) is 10.8 Å². The average Bonchev–Trinajstić information content (AvgIpc) is 2.86. The number of rotatable bonds is 5. The fraction of sp³-hybridized carbons (Fsp3) is 0.190. The first kappa shape index (κ1) is 17.5. The van der Waals surface area contributed by atoms with Gasteiger partial charge in [-0.3, -0.25) is 9.10 Å². The molecular formula is C21H19NO4S. The molecule has 0 spiro atoms. The van der Waals surface area contributed by atoms with Crippen molar-refractivity contribution in [2.45, 2.75) is 25.3 Å². The molecule has 27 heavy (non-hydrogen) atoms. The molecule has 0 aromatic heterocycles. The predicted octanol–water partition coefficient (Wildman–Crippen LogP) is 4.15. The van der Waals surface area contributed by atoms with E-state index in [0.29, 0.717) is 34.1 Å². The molecule has 0 N–H and O–H groups in total. The van der Waals surface area contributed by atoms with E-state index in [9.17, 15) is 13.2 Å². The van der Waals surface area contributed by atoms with E-state index in [2.05, 4.69) is 0 Å². The van der Waals surface area contributed by atoms with Gasteiger partial charge in [-0.05, 0) is 49.6 Å². The molecule has 3 aromatic rings. The molecular weight excluding hydrogens is 362 g/mol. The van der Waals surface area contributed by atoms with Crippen LogP contribution in [0, 0.1) is 0 Å². The Kier molecular flexibility index (Phi) is 4.15. The molecule has 0 radical (unpaired) electrons. The number of nitrogens with zero attached hydrogens (tertiary/aromatic N) is 1. The van der Waals surface area contributed by atoms with Crippen LogP contribution in [0.3, 0.4) is 0 Å². The van der Waals surface area contributed by atoms with Crippen LogP contribution >= 0.6 is 0 Å². The van der Waals surface area contributed by atoms with Gasteiger partial charge in [0.05, 0.1) is 23.7 Å². The molecule has 138 valence electrons. The van der Waals surface area contributed by atoms with Gasteiger partial charge in [-0.2, -0.15) is 0 Å². The van der Waals surface area contributed by atoms with Gasteiger partial charge in [0.25, 0.3) is 10.0 Å². The summed E-state index contributed by atoms with van der Waals surface area (Å²) in [6.45, 7) is 3.91. The summed E-state index contributed by atoms with van der Waals surface area (Å²) in [5, 5.41) is 1.62. The molecule has 0 fully saturated rings. The summed E-state index contributed by atoms with van der Waals surface area (Å²) >= 11 is 0. The maximum absolute atomic E-state index is 13.2. The predicted molar refractivity (Wildman–Crippen MR) is 105 cm³/mol. The van der Waals surface area contributed by atoms with E-state index < -0.39 is 10.0 Å². The highest BCUT2D eigenvalue weighted by molar-refractivity contribution is 7.93. The van der Waals surface area contributed by atoms with E-state index in [-0.39, 0.29) is 12.3 Å². The maximum atomic E-state index is 13.2. The van der Waals surface area contributed by atoms with Gasteiger partial charge in [0.2, 0.25) is 0 Å². The highest BCUT2D eigenvalue weighted by Gasteiger charge is 2.36. The minimum atomic E-state index is -3.67. The van der Waals surface area contributed by atoms with E-state index in [4.69, 9.17) is 4.74 Å². The molecule has 6 heteroatoms. The number of ether oxygens (including phenoxy) is 1. The fourth-order valence-corrected chi connectivity index (χ4v) is 5.19. The van der Waals surface area contributed by atoms with Gasteiger partial charge >= 0.3 is 0 Å². The molecule has 1 aliphatic rings. The van der Waals surface area contributed by atoms with Gasteiger partial charge in [-0.25, -0.2) is 8.42 Å². The van der Waals surface area contributed by atoms with Gasteiger partial charge in [-0.1, -0.05) is 24.3 Å². The van der Waals surface area contributed by atoms with Crippen molar-refractivity contribution in [1.82, 2.24) is 0 Å². The summed E-state index contributed by atoms with van der Waals surface area (Å²) in [7, 11) is -3.67. The zero-order valence-corrected chi connectivity index (χ0v) is 15.9. The number of carbonyl (C=O) groups excluding carboxylic acids is 1. The van der Waals surface area contributed by atoms with E-state index >= 15 is 0 Å². The normalized spacial score (nSPS) is 14.5. The van der Waals surface area contributed by atoms with Crippen molar-refractivity contribution in [3.05, 3.63) is 65.7 Å². The molecule has 0 atom stereocenters. The molecule has 0 saturated heterocycles. The second kappa shape index (κ2) is 6.39. The third-order valence-corrected chi connectivity index (χ3v) is 6.56. The van der Waals surface area contributed by atoms with Crippen molar-refractivity contribution < 1.29 is 17.9 Å². The van der Waals surface area contributed by atoms with Crippen LogP contribution in [0.4, 0.5) is 5.69 Å². The Morgan fingerprint density at radius 2 is 1.81 bits per heavy atom. The summed E-state index contributed by atoms with van der Waals surface area (Å²) in [5.74, 6) is 0.509. The number of carbonyl (C=O) groups is 1. The molecule has 0 amide bonds. The number of Topliss-reactive ketones (excluding diaryl/α,β-unsaturated/α-hetero) is 1. The third-order valence-electron chi connectivity index (χ3n) is 4.76. The van der Waals surface area contributed by atoms with Crippen molar-refractivity contribution >= 4 is 32.3 Å². The quantitative estimate of drug-likeness (QED) is 0.623. The molecule has 5 nitrogen and oxygen atoms in total. The smallest absolute Gasteiger partial charge is 0.265 e. The minimum Gasteiger partial charge on any atom is -0.494 e. The number of ketones is 1. The van der Waals surface area contributed by atoms with Crippen molar-refractivity contribution in [3.63, 3.8) is 0 Å². The second-order valence-corrected chi connectivity index (χ2v) is 8.29. The summed E-state index contributed by atoms with van der Waals surface area (Å²) in [6, 6.07) is 16.0. The Morgan fingerprint density at radius 3 is 2.52 bits per heavy atom. The SMILES string of the molecule is CCOc1ccc(C(C)=O)cc1CN1c2cccc3cccc(c23)S1(=O)=O. The standard InChI is InChI=1S/C21H19NO4S/c1-3-26-19-11-10-16(14(2)23)12-17(19)13-22-18-8-4-6-15-7-5-9-20(21(15)18)27(22,24)25/h4-12H,3,13H2,1-2H3. The fourth-order valence-electron chi connectivity index (χ4n) is 3.50. The lowest BCUT2D eigenvalue weighted by Gasteiger charge is -2.21. The zero-order chi connectivity index (χ0) is 19.2. The second-order valence-electron chi connectivity index (χ2n) is 6.45. The minimum absolute atomic E-state index is 0.0750. The largest absolute Gasteiger partial charge is 0.494 e. The average molecular weight is 381 g/mol. The highest BCUT2D eigenvalue weighted by Crippen LogP contribution is 2.43. The zero-order valence-electron chi connectivity index (χ0n) is 15.1. The third kappa shape index (κ3) is 2.77. The molecule has 0 unspecified atom stereocenters. The van der Waals surface area contributed by atoms with Crippen LogP contribution in [0.5, 0.6) is 5.75 Å². The van der Waals surface area contributed by atoms with Crippen LogP contribution in [-0.2, 0) is 16.6 Å². The van der Waals surface area contributed by atoms with Crippen molar-refractivity contribution in [2.24, 2.45) is 0 Å². The molecule has 1 heterocycles. The summed E-state index contributed by atoms with van der Waals surface area (Å²) in [5.41, 5.74) is 1.84. The Balaban J connectivity index is 1.86. The summed E-state index contributed by atoms with van der Waals surface area (Å²) in [4.78, 5) is 12.1. The van der Waals surface area contributed by atoms with Crippen LogP contribution < -0.4 is 9.04 Å². The molecule has 0 saturated carbocycles. The first-order valence-corrected chi connectivity index (χ1v) is 10.2. The number of hydrogen-bond acceptors (Lipinski definition) is 4. The topological polar surface area (TPSA) is 63.7 Å². The van der Waals surface area contributed by atoms with Crippen molar-refractivity contribution in [2.75, 3.05) is 10.9 Å². The Hall–Kier alpha value is -2.86. The van der Waals surface area contributed by atoms with Crippen molar-refractivity contribution in [1.29, 1.82) is 0 Å². The van der Waals surface area contributed by atoms with Crippen LogP contribution in [0.1, 0.15) is 29.8 Å². The van der Waals surface area contributed by atoms with Crippen LogP contribution in [0.2, 0.25) is 0 Å². The lowest BCUT2D eigenvalue weighted by Crippen LogP contribution is -2.27. The van der Waals surface area contributed by atoms with Gasteiger partial charge in [0.1, 0.15) is 5.75 Å². The van der Waals surface area contributed by atoms with Crippen LogP contribution in [-0.4, -0.2) is 20.8 Å². The van der Waals surface area contributed by atoms with Crippen LogP contribution in [0.25, 0.3) is 10.8 Å². The molecule has 4 rings (SSSR count). The number of anilines is 1. The van der Waals surface area contributed by atoms with E-state index in [1.807, 2.05) is 31.2 Å². The Labute approximate surface area is 158 Å². The lowest BCUT2D eigenvalue weighted by molar-refractivity contribution is 0.101. The van der Waals surface area contributed by atoms with E-state index in [1.54, 1.807) is 30.3 Å². The molecule has 0 bridgehead atoms. The highest BCUT2D eigenvalue weighted by atomic mass is 32.2. The Bertz CT molecular complexity index is 1160. The lowest BCUT2D eigenvalue weighted by atomic mass is 10.1. The summed E-state index contributed by atoms with van der Waals surface area (Å²) < 4.78 is 33.4. The van der Waals surface area contributed by atoms with Gasteiger partial charge < -0.3 is 4.74 Å². The van der Waals surface area contributed by atoms with Gasteiger partial charge in [0.15, 0.2) is 5.78 Å². The van der Waals surface area contributed by atoms with Gasteiger partial charge in [-0.15, -0.1) is 0 Å². The number of sulfonamides is 1. The van der Waals surface area contributed by atoms with E-state index in [1.165, 1.54) is 11.2 Å². The monoisotopic (exact) mass is 381 g/mol. The summed E-state index contributed by atoms with van der Waals surface area (Å²) in [6.07, 6.45) is 0. The first-order chi connectivity index (χ1) is 12.9. The van der Waals surface area contributed by atoms with Crippen LogP contribution in [0.15, 0.2) is 59.5 Å².